The first-order valence-electron chi connectivity index (χ1n) is 5.37. The maximum atomic E-state index is 11.5. The number of thiocarbonyl (C=S) groups is 1. The molecule has 1 fully saturated rings. The average molecular weight is 260 g/mol. The van der Waals surface area contributed by atoms with Crippen molar-refractivity contribution in [3.63, 3.8) is 0 Å². The summed E-state index contributed by atoms with van der Waals surface area (Å²) in [7, 11) is 0. The predicted molar refractivity (Wildman–Crippen MR) is 74.0 cm³/mol. The van der Waals surface area contributed by atoms with Gasteiger partial charge in [-0.1, -0.05) is 24.8 Å². The molecule has 1 aromatic rings. The van der Waals surface area contributed by atoms with Crippen LogP contribution in [0.3, 0.4) is 0 Å². The zero-order chi connectivity index (χ0) is 13.0. The van der Waals surface area contributed by atoms with E-state index in [-0.39, 0.29) is 5.91 Å². The van der Waals surface area contributed by atoms with Crippen LogP contribution in [0.15, 0.2) is 42.6 Å². The SMILES string of the molecule is C=CCOc1cccc(/C=C2\NC(=S)NC2=O)c1. The third kappa shape index (κ3) is 2.95. The smallest absolute Gasteiger partial charge is 0.273 e. The Morgan fingerprint density at radius 2 is 2.22 bits per heavy atom. The van der Waals surface area contributed by atoms with Crippen LogP contribution < -0.4 is 15.4 Å². The van der Waals surface area contributed by atoms with Crippen molar-refractivity contribution < 1.29 is 9.53 Å². The van der Waals surface area contributed by atoms with Crippen molar-refractivity contribution in [1.29, 1.82) is 0 Å². The van der Waals surface area contributed by atoms with Crippen molar-refractivity contribution in [2.24, 2.45) is 0 Å². The van der Waals surface area contributed by atoms with E-state index < -0.39 is 0 Å². The first-order valence-corrected chi connectivity index (χ1v) is 5.77. The fourth-order valence-electron chi connectivity index (χ4n) is 1.50. The third-order valence-electron chi connectivity index (χ3n) is 2.26. The molecule has 2 N–H and O–H groups in total. The summed E-state index contributed by atoms with van der Waals surface area (Å²) in [5.74, 6) is 0.502. The maximum Gasteiger partial charge on any atom is 0.273 e. The lowest BCUT2D eigenvalue weighted by molar-refractivity contribution is -0.115. The van der Waals surface area contributed by atoms with Crippen LogP contribution in [0.25, 0.3) is 6.08 Å². The van der Waals surface area contributed by atoms with Crippen molar-refractivity contribution >= 4 is 29.3 Å². The van der Waals surface area contributed by atoms with E-state index >= 15 is 0 Å². The highest BCUT2D eigenvalue weighted by Crippen LogP contribution is 2.16. The van der Waals surface area contributed by atoms with Crippen LogP contribution in [-0.4, -0.2) is 17.6 Å². The molecule has 1 saturated heterocycles. The lowest BCUT2D eigenvalue weighted by atomic mass is 10.2. The Morgan fingerprint density at radius 1 is 1.39 bits per heavy atom. The van der Waals surface area contributed by atoms with Gasteiger partial charge in [0.2, 0.25) is 0 Å². The lowest BCUT2D eigenvalue weighted by Gasteiger charge is -2.04. The highest BCUT2D eigenvalue weighted by Gasteiger charge is 2.19. The van der Waals surface area contributed by atoms with E-state index in [2.05, 4.69) is 17.2 Å². The number of ether oxygens (including phenoxy) is 1. The molecule has 2 rings (SSSR count). The van der Waals surface area contributed by atoms with Gasteiger partial charge in [-0.3, -0.25) is 10.1 Å². The second kappa shape index (κ2) is 5.46. The molecule has 1 aliphatic rings. The minimum absolute atomic E-state index is 0.225. The number of nitrogens with one attached hydrogen (secondary N) is 2. The zero-order valence-electron chi connectivity index (χ0n) is 9.60. The number of hydrogen-bond donors (Lipinski definition) is 2. The Balaban J connectivity index is 2.18. The summed E-state index contributed by atoms with van der Waals surface area (Å²) < 4.78 is 5.41. The second-order valence-electron chi connectivity index (χ2n) is 3.64. The van der Waals surface area contributed by atoms with Gasteiger partial charge in [-0.15, -0.1) is 0 Å². The van der Waals surface area contributed by atoms with Gasteiger partial charge in [0.05, 0.1) is 0 Å². The summed E-state index contributed by atoms with van der Waals surface area (Å²) in [6.45, 7) is 4.03. The quantitative estimate of drug-likeness (QED) is 0.490. The van der Waals surface area contributed by atoms with E-state index in [1.54, 1.807) is 12.2 Å². The van der Waals surface area contributed by atoms with Crippen molar-refractivity contribution in [1.82, 2.24) is 10.6 Å². The molecule has 1 heterocycles. The molecule has 0 spiro atoms. The van der Waals surface area contributed by atoms with E-state index in [4.69, 9.17) is 17.0 Å². The summed E-state index contributed by atoms with van der Waals surface area (Å²) in [6, 6.07) is 7.42. The summed E-state index contributed by atoms with van der Waals surface area (Å²) in [5.41, 5.74) is 1.29. The Morgan fingerprint density at radius 3 is 2.89 bits per heavy atom. The molecule has 18 heavy (non-hydrogen) atoms. The van der Waals surface area contributed by atoms with Crippen molar-refractivity contribution in [2.45, 2.75) is 0 Å². The minimum Gasteiger partial charge on any atom is -0.490 e. The summed E-state index contributed by atoms with van der Waals surface area (Å²) >= 11 is 4.85. The number of amides is 1. The van der Waals surface area contributed by atoms with Crippen LogP contribution in [0.5, 0.6) is 5.75 Å². The van der Waals surface area contributed by atoms with Crippen LogP contribution >= 0.6 is 12.2 Å². The molecule has 0 saturated carbocycles. The molecule has 92 valence electrons. The monoisotopic (exact) mass is 260 g/mol. The van der Waals surface area contributed by atoms with Gasteiger partial charge < -0.3 is 10.1 Å². The standard InChI is InChI=1S/C13H12N2O2S/c1-2-6-17-10-5-3-4-9(7-10)8-11-12(16)15-13(18)14-11/h2-5,7-8H,1,6H2,(H2,14,15,16,18)/b11-8-. The first-order chi connectivity index (χ1) is 8.69. The Bertz CT molecular complexity index is 538. The first kappa shape index (κ1) is 12.3. The Kier molecular flexibility index (Phi) is 3.74. The molecule has 0 aromatic heterocycles. The molecule has 0 radical (unpaired) electrons. The molecule has 1 aromatic carbocycles. The van der Waals surface area contributed by atoms with Gasteiger partial charge in [-0.05, 0) is 36.0 Å². The normalized spacial score (nSPS) is 16.3. The second-order valence-corrected chi connectivity index (χ2v) is 4.05. The fourth-order valence-corrected chi connectivity index (χ4v) is 1.70. The highest BCUT2D eigenvalue weighted by molar-refractivity contribution is 7.80. The van der Waals surface area contributed by atoms with Gasteiger partial charge in [-0.25, -0.2) is 0 Å². The molecular formula is C13H12N2O2S. The third-order valence-corrected chi connectivity index (χ3v) is 2.46. The van der Waals surface area contributed by atoms with Crippen LogP contribution in [0, 0.1) is 0 Å². The highest BCUT2D eigenvalue weighted by atomic mass is 32.1. The van der Waals surface area contributed by atoms with E-state index in [0.717, 1.165) is 11.3 Å². The molecular weight excluding hydrogens is 248 g/mol. The van der Waals surface area contributed by atoms with Crippen LogP contribution in [0.4, 0.5) is 0 Å². The van der Waals surface area contributed by atoms with Gasteiger partial charge in [0, 0.05) is 0 Å². The summed E-state index contributed by atoms with van der Waals surface area (Å²) in [5, 5.41) is 5.62. The van der Waals surface area contributed by atoms with Gasteiger partial charge in [-0.2, -0.15) is 0 Å². The minimum atomic E-state index is -0.225. The topological polar surface area (TPSA) is 50.4 Å². The molecule has 5 heteroatoms. The maximum absolute atomic E-state index is 11.5. The van der Waals surface area contributed by atoms with Gasteiger partial charge in [0.1, 0.15) is 18.1 Å². The molecule has 0 unspecified atom stereocenters. The number of rotatable bonds is 4. The Labute approximate surface area is 110 Å². The fraction of sp³-hybridized carbons (Fsp3) is 0.0769. The molecule has 4 nitrogen and oxygen atoms in total. The Hall–Kier alpha value is -2.14. The van der Waals surface area contributed by atoms with Gasteiger partial charge >= 0.3 is 0 Å². The summed E-state index contributed by atoms with van der Waals surface area (Å²) in [6.07, 6.45) is 3.39. The van der Waals surface area contributed by atoms with Crippen molar-refractivity contribution in [3.8, 4) is 5.75 Å². The van der Waals surface area contributed by atoms with E-state index in [9.17, 15) is 4.79 Å². The zero-order valence-corrected chi connectivity index (χ0v) is 10.4. The lowest BCUT2D eigenvalue weighted by Crippen LogP contribution is -2.21. The van der Waals surface area contributed by atoms with Crippen molar-refractivity contribution in [3.05, 3.63) is 48.2 Å². The summed E-state index contributed by atoms with van der Waals surface area (Å²) in [4.78, 5) is 11.5. The molecule has 1 aliphatic heterocycles. The van der Waals surface area contributed by atoms with E-state index in [1.807, 2.05) is 24.3 Å². The van der Waals surface area contributed by atoms with Crippen molar-refractivity contribution in [2.75, 3.05) is 6.61 Å². The average Bonchev–Trinajstić information content (AvgIpc) is 2.66. The molecule has 0 atom stereocenters. The van der Waals surface area contributed by atoms with E-state index in [1.165, 1.54) is 0 Å². The van der Waals surface area contributed by atoms with Crippen LogP contribution in [-0.2, 0) is 4.79 Å². The molecule has 1 amide bonds. The van der Waals surface area contributed by atoms with Crippen LogP contribution in [0.2, 0.25) is 0 Å². The van der Waals surface area contributed by atoms with Crippen LogP contribution in [0.1, 0.15) is 5.56 Å². The predicted octanol–water partition coefficient (Wildman–Crippen LogP) is 1.60. The molecule has 0 bridgehead atoms. The largest absolute Gasteiger partial charge is 0.490 e. The van der Waals surface area contributed by atoms with Gasteiger partial charge in [0.25, 0.3) is 5.91 Å². The molecule has 0 aliphatic carbocycles. The van der Waals surface area contributed by atoms with E-state index in [0.29, 0.717) is 17.4 Å². The number of carbonyl (C=O) groups excluding carboxylic acids is 1. The number of benzene rings is 1. The number of hydrogen-bond acceptors (Lipinski definition) is 3. The van der Waals surface area contributed by atoms with Gasteiger partial charge in [0.15, 0.2) is 5.11 Å². The number of carbonyl (C=O) groups is 1.